The number of rotatable bonds is 7. The lowest BCUT2D eigenvalue weighted by Crippen LogP contribution is -2.46. The monoisotopic (exact) mass is 292 g/mol. The predicted octanol–water partition coefficient (Wildman–Crippen LogP) is 2.06. The van der Waals surface area contributed by atoms with Crippen molar-refractivity contribution in [2.24, 2.45) is 17.1 Å². The quantitative estimate of drug-likeness (QED) is 0.781. The molecule has 0 spiro atoms. The lowest BCUT2D eigenvalue weighted by Gasteiger charge is -2.33. The molecule has 0 bridgehead atoms. The van der Waals surface area contributed by atoms with E-state index in [1.165, 1.54) is 0 Å². The summed E-state index contributed by atoms with van der Waals surface area (Å²) in [6, 6.07) is 0. The van der Waals surface area contributed by atoms with Gasteiger partial charge in [0.2, 0.25) is 5.91 Å². The van der Waals surface area contributed by atoms with Crippen molar-refractivity contribution in [3.8, 4) is 0 Å². The summed E-state index contributed by atoms with van der Waals surface area (Å²) < 4.78 is 5.45. The minimum Gasteiger partial charge on any atom is -0.381 e. The van der Waals surface area contributed by atoms with Gasteiger partial charge in [-0.1, -0.05) is 13.8 Å². The topological polar surface area (TPSA) is 55.6 Å². The summed E-state index contributed by atoms with van der Waals surface area (Å²) in [5, 5.41) is 0. The van der Waals surface area contributed by atoms with Crippen molar-refractivity contribution in [2.75, 3.05) is 32.8 Å². The summed E-state index contributed by atoms with van der Waals surface area (Å²) >= 11 is 0. The Hall–Kier alpha value is -0.320. The number of hydrogen-bond acceptors (Lipinski definition) is 3. The summed E-state index contributed by atoms with van der Waals surface area (Å²) in [5.74, 6) is 0.743. The maximum Gasteiger partial charge on any atom is 0.230 e. The van der Waals surface area contributed by atoms with Crippen LogP contribution >= 0.6 is 12.4 Å². The highest BCUT2D eigenvalue weighted by molar-refractivity contribution is 5.85. The smallest absolute Gasteiger partial charge is 0.230 e. The zero-order valence-corrected chi connectivity index (χ0v) is 13.3. The molecule has 19 heavy (non-hydrogen) atoms. The Morgan fingerprint density at radius 3 is 2.47 bits per heavy atom. The van der Waals surface area contributed by atoms with E-state index in [2.05, 4.69) is 13.8 Å². The lowest BCUT2D eigenvalue weighted by molar-refractivity contribution is -0.141. The van der Waals surface area contributed by atoms with Gasteiger partial charge in [0.15, 0.2) is 0 Å². The van der Waals surface area contributed by atoms with Gasteiger partial charge in [0, 0.05) is 32.2 Å². The second-order valence-electron chi connectivity index (χ2n) is 5.26. The molecular formula is C14H29ClN2O2. The molecule has 0 aromatic carbocycles. The van der Waals surface area contributed by atoms with Crippen LogP contribution in [0, 0.1) is 11.3 Å². The standard InChI is InChI=1S/C14H28N2O2.ClH/c1-4-14(5-2,11-15)13(17)16-8-7-12(9-16)10-18-6-3;/h12H,4-11,15H2,1-3H3;1H. The van der Waals surface area contributed by atoms with Gasteiger partial charge in [-0.15, -0.1) is 12.4 Å². The second-order valence-corrected chi connectivity index (χ2v) is 5.26. The van der Waals surface area contributed by atoms with Crippen LogP contribution in [-0.2, 0) is 9.53 Å². The van der Waals surface area contributed by atoms with Crippen LogP contribution in [0.4, 0.5) is 0 Å². The van der Waals surface area contributed by atoms with Gasteiger partial charge in [-0.3, -0.25) is 4.79 Å². The Balaban J connectivity index is 0.00000324. The normalized spacial score (nSPS) is 19.4. The molecule has 4 nitrogen and oxygen atoms in total. The van der Waals surface area contributed by atoms with Crippen LogP contribution in [0.25, 0.3) is 0 Å². The van der Waals surface area contributed by atoms with Crippen molar-refractivity contribution >= 4 is 18.3 Å². The molecule has 5 heteroatoms. The highest BCUT2D eigenvalue weighted by Gasteiger charge is 2.39. The van der Waals surface area contributed by atoms with Crippen molar-refractivity contribution < 1.29 is 9.53 Å². The number of likely N-dealkylation sites (tertiary alicyclic amines) is 1. The van der Waals surface area contributed by atoms with E-state index in [1.807, 2.05) is 11.8 Å². The molecule has 1 unspecified atom stereocenters. The van der Waals surface area contributed by atoms with E-state index in [-0.39, 0.29) is 23.7 Å². The number of ether oxygens (including phenoxy) is 1. The molecule has 2 N–H and O–H groups in total. The van der Waals surface area contributed by atoms with Crippen molar-refractivity contribution in [3.05, 3.63) is 0 Å². The Morgan fingerprint density at radius 1 is 1.37 bits per heavy atom. The van der Waals surface area contributed by atoms with E-state index in [1.54, 1.807) is 0 Å². The number of carbonyl (C=O) groups excluding carboxylic acids is 1. The molecule has 0 saturated carbocycles. The highest BCUT2D eigenvalue weighted by Crippen LogP contribution is 2.30. The van der Waals surface area contributed by atoms with Gasteiger partial charge < -0.3 is 15.4 Å². The molecule has 1 rings (SSSR count). The van der Waals surface area contributed by atoms with Crippen LogP contribution in [0.1, 0.15) is 40.0 Å². The number of hydrogen-bond donors (Lipinski definition) is 1. The number of carbonyl (C=O) groups is 1. The molecular weight excluding hydrogens is 264 g/mol. The molecule has 1 aliphatic rings. The van der Waals surface area contributed by atoms with Gasteiger partial charge in [0.05, 0.1) is 12.0 Å². The third-order valence-corrected chi connectivity index (χ3v) is 4.33. The Kier molecular flexibility index (Phi) is 8.62. The third kappa shape index (κ3) is 4.33. The van der Waals surface area contributed by atoms with Crippen molar-refractivity contribution in [1.29, 1.82) is 0 Å². The first-order valence-corrected chi connectivity index (χ1v) is 7.20. The molecule has 1 fully saturated rings. The van der Waals surface area contributed by atoms with E-state index in [9.17, 15) is 4.79 Å². The summed E-state index contributed by atoms with van der Waals surface area (Å²) in [7, 11) is 0. The van der Waals surface area contributed by atoms with Crippen molar-refractivity contribution in [3.63, 3.8) is 0 Å². The zero-order chi connectivity index (χ0) is 13.6. The largest absolute Gasteiger partial charge is 0.381 e. The van der Waals surface area contributed by atoms with Crippen molar-refractivity contribution in [1.82, 2.24) is 4.90 Å². The van der Waals surface area contributed by atoms with Gasteiger partial charge in [-0.25, -0.2) is 0 Å². The fraction of sp³-hybridized carbons (Fsp3) is 0.929. The summed E-state index contributed by atoms with van der Waals surface area (Å²) in [6.45, 7) is 9.79. The molecule has 0 aromatic rings. The van der Waals surface area contributed by atoms with Crippen LogP contribution in [0.3, 0.4) is 0 Å². The first-order valence-electron chi connectivity index (χ1n) is 7.20. The average Bonchev–Trinajstić information content (AvgIpc) is 2.87. The first kappa shape index (κ1) is 18.7. The Labute approximate surface area is 123 Å². The summed E-state index contributed by atoms with van der Waals surface area (Å²) in [6.07, 6.45) is 2.71. The Bertz CT molecular complexity index is 262. The number of halogens is 1. The van der Waals surface area contributed by atoms with Crippen molar-refractivity contribution in [2.45, 2.75) is 40.0 Å². The van der Waals surface area contributed by atoms with E-state index in [0.717, 1.165) is 45.6 Å². The SMILES string of the molecule is CCOCC1CCN(C(=O)C(CC)(CC)CN)C1.Cl. The van der Waals surface area contributed by atoms with E-state index < -0.39 is 0 Å². The van der Waals surface area contributed by atoms with E-state index in [4.69, 9.17) is 10.5 Å². The first-order chi connectivity index (χ1) is 8.63. The average molecular weight is 293 g/mol. The molecule has 1 atom stereocenters. The Morgan fingerprint density at radius 2 is 2.00 bits per heavy atom. The minimum absolute atomic E-state index is 0. The molecule has 0 aromatic heterocycles. The molecule has 0 radical (unpaired) electrons. The van der Waals surface area contributed by atoms with Crippen LogP contribution in [0.15, 0.2) is 0 Å². The van der Waals surface area contributed by atoms with Crippen LogP contribution in [0.2, 0.25) is 0 Å². The maximum atomic E-state index is 12.6. The van der Waals surface area contributed by atoms with E-state index >= 15 is 0 Å². The third-order valence-electron chi connectivity index (χ3n) is 4.33. The predicted molar refractivity (Wildman–Crippen MR) is 80.5 cm³/mol. The minimum atomic E-state index is -0.347. The fourth-order valence-corrected chi connectivity index (χ4v) is 2.70. The number of amides is 1. The molecule has 0 aliphatic carbocycles. The van der Waals surface area contributed by atoms with Gasteiger partial charge in [-0.2, -0.15) is 0 Å². The van der Waals surface area contributed by atoms with Crippen LogP contribution in [0.5, 0.6) is 0 Å². The zero-order valence-electron chi connectivity index (χ0n) is 12.5. The number of nitrogens with zero attached hydrogens (tertiary/aromatic N) is 1. The fourth-order valence-electron chi connectivity index (χ4n) is 2.70. The van der Waals surface area contributed by atoms with Gasteiger partial charge in [-0.05, 0) is 26.2 Å². The van der Waals surface area contributed by atoms with E-state index in [0.29, 0.717) is 12.5 Å². The molecule has 114 valence electrons. The molecule has 1 saturated heterocycles. The number of nitrogens with two attached hydrogens (primary N) is 1. The molecule has 1 aliphatic heterocycles. The van der Waals surface area contributed by atoms with Gasteiger partial charge >= 0.3 is 0 Å². The highest BCUT2D eigenvalue weighted by atomic mass is 35.5. The second kappa shape index (κ2) is 8.77. The van der Waals surface area contributed by atoms with Gasteiger partial charge in [0.1, 0.15) is 0 Å². The molecule has 1 amide bonds. The molecule has 1 heterocycles. The van der Waals surface area contributed by atoms with Gasteiger partial charge in [0.25, 0.3) is 0 Å². The lowest BCUT2D eigenvalue weighted by atomic mass is 9.81. The summed E-state index contributed by atoms with van der Waals surface area (Å²) in [5.41, 5.74) is 5.49. The van der Waals surface area contributed by atoms with Crippen LogP contribution < -0.4 is 5.73 Å². The summed E-state index contributed by atoms with van der Waals surface area (Å²) in [4.78, 5) is 14.6. The maximum absolute atomic E-state index is 12.6. The van der Waals surface area contributed by atoms with Crippen LogP contribution in [-0.4, -0.2) is 43.7 Å².